The number of benzene rings is 1. The molecule has 1 heterocycles. The zero-order chi connectivity index (χ0) is 13.9. The molecule has 1 aromatic carbocycles. The first-order valence-electron chi connectivity index (χ1n) is 6.03. The van der Waals surface area contributed by atoms with Crippen molar-refractivity contribution in [3.05, 3.63) is 41.4 Å². The molecule has 19 heavy (non-hydrogen) atoms. The van der Waals surface area contributed by atoms with Gasteiger partial charge in [-0.25, -0.2) is 9.78 Å². The lowest BCUT2D eigenvalue weighted by Gasteiger charge is -2.19. The SMILES string of the molecule is CC(C)(C)c1ccc(NC(=O)Nc2nccs2)cc1. The summed E-state index contributed by atoms with van der Waals surface area (Å²) in [6.45, 7) is 6.47. The summed E-state index contributed by atoms with van der Waals surface area (Å²) in [5.41, 5.74) is 2.11. The van der Waals surface area contributed by atoms with Crippen molar-refractivity contribution in [2.45, 2.75) is 26.2 Å². The second-order valence-corrected chi connectivity index (χ2v) is 6.14. The zero-order valence-corrected chi connectivity index (χ0v) is 12.0. The summed E-state index contributed by atoms with van der Waals surface area (Å²) in [7, 11) is 0. The van der Waals surface area contributed by atoms with E-state index in [1.807, 2.05) is 29.6 Å². The number of aromatic nitrogens is 1. The van der Waals surface area contributed by atoms with Crippen LogP contribution in [0.25, 0.3) is 0 Å². The molecule has 1 aromatic heterocycles. The molecule has 0 saturated heterocycles. The largest absolute Gasteiger partial charge is 0.325 e. The lowest BCUT2D eigenvalue weighted by Crippen LogP contribution is -2.19. The molecule has 5 heteroatoms. The minimum Gasteiger partial charge on any atom is -0.308 e. The Morgan fingerprint density at radius 1 is 1.16 bits per heavy atom. The fourth-order valence-electron chi connectivity index (χ4n) is 1.60. The van der Waals surface area contributed by atoms with Gasteiger partial charge in [0.05, 0.1) is 0 Å². The lowest BCUT2D eigenvalue weighted by atomic mass is 9.87. The van der Waals surface area contributed by atoms with Gasteiger partial charge in [-0.05, 0) is 23.1 Å². The third-order valence-electron chi connectivity index (χ3n) is 2.66. The summed E-state index contributed by atoms with van der Waals surface area (Å²) in [5, 5.41) is 7.85. The van der Waals surface area contributed by atoms with E-state index in [-0.39, 0.29) is 11.4 Å². The molecule has 2 rings (SSSR count). The maximum absolute atomic E-state index is 11.7. The van der Waals surface area contributed by atoms with Crippen molar-refractivity contribution < 1.29 is 4.79 Å². The fourth-order valence-corrected chi connectivity index (χ4v) is 2.12. The summed E-state index contributed by atoms with van der Waals surface area (Å²) in [4.78, 5) is 15.7. The van der Waals surface area contributed by atoms with E-state index in [2.05, 4.69) is 36.4 Å². The average molecular weight is 275 g/mol. The normalized spacial score (nSPS) is 11.1. The van der Waals surface area contributed by atoms with Crippen LogP contribution in [0.1, 0.15) is 26.3 Å². The van der Waals surface area contributed by atoms with Gasteiger partial charge in [0.1, 0.15) is 0 Å². The molecule has 0 aliphatic carbocycles. The minimum atomic E-state index is -0.279. The van der Waals surface area contributed by atoms with Gasteiger partial charge in [0.25, 0.3) is 0 Å². The standard InChI is InChI=1S/C14H17N3OS/c1-14(2,3)10-4-6-11(7-5-10)16-12(18)17-13-15-8-9-19-13/h4-9H,1-3H3,(H2,15,16,17,18). The quantitative estimate of drug-likeness (QED) is 0.867. The summed E-state index contributed by atoms with van der Waals surface area (Å²) in [6.07, 6.45) is 1.65. The highest BCUT2D eigenvalue weighted by Crippen LogP contribution is 2.23. The van der Waals surface area contributed by atoms with E-state index in [9.17, 15) is 4.79 Å². The van der Waals surface area contributed by atoms with Crippen LogP contribution in [0.5, 0.6) is 0 Å². The molecule has 0 aliphatic heterocycles. The van der Waals surface area contributed by atoms with E-state index in [0.29, 0.717) is 5.13 Å². The molecule has 0 aliphatic rings. The molecule has 0 spiro atoms. The Kier molecular flexibility index (Phi) is 3.85. The molecular formula is C14H17N3OS. The predicted molar refractivity (Wildman–Crippen MR) is 79.9 cm³/mol. The molecule has 0 saturated carbocycles. The van der Waals surface area contributed by atoms with E-state index in [1.54, 1.807) is 6.20 Å². The topological polar surface area (TPSA) is 54.0 Å². The Balaban J connectivity index is 1.98. The van der Waals surface area contributed by atoms with Crippen molar-refractivity contribution in [1.82, 2.24) is 4.98 Å². The Hall–Kier alpha value is -1.88. The summed E-state index contributed by atoms with van der Waals surface area (Å²) < 4.78 is 0. The molecular weight excluding hydrogens is 258 g/mol. The average Bonchev–Trinajstić information content (AvgIpc) is 2.81. The second kappa shape index (κ2) is 5.40. The number of rotatable bonds is 2. The van der Waals surface area contributed by atoms with E-state index >= 15 is 0 Å². The van der Waals surface area contributed by atoms with Gasteiger partial charge < -0.3 is 5.32 Å². The number of urea groups is 1. The molecule has 0 bridgehead atoms. The third kappa shape index (κ3) is 3.79. The van der Waals surface area contributed by atoms with E-state index in [1.165, 1.54) is 16.9 Å². The monoisotopic (exact) mass is 275 g/mol. The second-order valence-electron chi connectivity index (χ2n) is 5.24. The van der Waals surface area contributed by atoms with Crippen LogP contribution in [0.2, 0.25) is 0 Å². The number of carbonyl (C=O) groups is 1. The predicted octanol–water partition coefficient (Wildman–Crippen LogP) is 4.08. The van der Waals surface area contributed by atoms with Crippen molar-refractivity contribution >= 4 is 28.2 Å². The maximum Gasteiger partial charge on any atom is 0.325 e. The number of carbonyl (C=O) groups excluding carboxylic acids is 1. The Labute approximate surface area is 116 Å². The molecule has 0 unspecified atom stereocenters. The van der Waals surface area contributed by atoms with Crippen molar-refractivity contribution in [2.75, 3.05) is 10.6 Å². The number of anilines is 2. The Bertz CT molecular complexity index is 541. The van der Waals surface area contributed by atoms with E-state index < -0.39 is 0 Å². The summed E-state index contributed by atoms with van der Waals surface area (Å²) in [6, 6.07) is 7.58. The highest BCUT2D eigenvalue weighted by molar-refractivity contribution is 7.13. The number of amides is 2. The molecule has 0 fully saturated rings. The van der Waals surface area contributed by atoms with Crippen LogP contribution in [-0.4, -0.2) is 11.0 Å². The van der Waals surface area contributed by atoms with Crippen LogP contribution >= 0.6 is 11.3 Å². The fraction of sp³-hybridized carbons (Fsp3) is 0.286. The number of thiazole rings is 1. The molecule has 0 atom stereocenters. The number of nitrogens with one attached hydrogen (secondary N) is 2. The van der Waals surface area contributed by atoms with Gasteiger partial charge in [-0.2, -0.15) is 0 Å². The van der Waals surface area contributed by atoms with Crippen molar-refractivity contribution in [3.8, 4) is 0 Å². The summed E-state index contributed by atoms with van der Waals surface area (Å²) in [5.74, 6) is 0. The molecule has 4 nitrogen and oxygen atoms in total. The van der Waals surface area contributed by atoms with E-state index in [0.717, 1.165) is 5.69 Å². The number of nitrogens with zero attached hydrogens (tertiary/aromatic N) is 1. The van der Waals surface area contributed by atoms with Crippen LogP contribution in [0, 0.1) is 0 Å². The van der Waals surface area contributed by atoms with Gasteiger partial charge in [0.15, 0.2) is 5.13 Å². The third-order valence-corrected chi connectivity index (χ3v) is 3.35. The molecule has 2 amide bonds. The van der Waals surface area contributed by atoms with Gasteiger partial charge in [0.2, 0.25) is 0 Å². The van der Waals surface area contributed by atoms with Gasteiger partial charge >= 0.3 is 6.03 Å². The van der Waals surface area contributed by atoms with Gasteiger partial charge in [-0.1, -0.05) is 32.9 Å². The maximum atomic E-state index is 11.7. The van der Waals surface area contributed by atoms with Crippen LogP contribution in [0.15, 0.2) is 35.8 Å². The molecule has 2 N–H and O–H groups in total. The van der Waals surface area contributed by atoms with Crippen LogP contribution in [-0.2, 0) is 5.41 Å². The van der Waals surface area contributed by atoms with Crippen LogP contribution < -0.4 is 10.6 Å². The zero-order valence-electron chi connectivity index (χ0n) is 11.2. The smallest absolute Gasteiger partial charge is 0.308 e. The van der Waals surface area contributed by atoms with Crippen LogP contribution in [0.4, 0.5) is 15.6 Å². The van der Waals surface area contributed by atoms with Gasteiger partial charge in [-0.15, -0.1) is 11.3 Å². The first-order chi connectivity index (χ1) is 8.95. The van der Waals surface area contributed by atoms with E-state index in [4.69, 9.17) is 0 Å². The summed E-state index contributed by atoms with van der Waals surface area (Å²) >= 11 is 1.38. The van der Waals surface area contributed by atoms with Gasteiger partial charge in [0, 0.05) is 17.3 Å². The Morgan fingerprint density at radius 2 is 1.84 bits per heavy atom. The van der Waals surface area contributed by atoms with Gasteiger partial charge in [-0.3, -0.25) is 5.32 Å². The Morgan fingerprint density at radius 3 is 2.37 bits per heavy atom. The minimum absolute atomic E-state index is 0.113. The van der Waals surface area contributed by atoms with Crippen molar-refractivity contribution in [2.24, 2.45) is 0 Å². The first-order valence-corrected chi connectivity index (χ1v) is 6.91. The molecule has 2 aromatic rings. The number of hydrogen-bond acceptors (Lipinski definition) is 3. The van der Waals surface area contributed by atoms with Crippen molar-refractivity contribution in [3.63, 3.8) is 0 Å². The first kappa shape index (κ1) is 13.5. The molecule has 0 radical (unpaired) electrons. The van der Waals surface area contributed by atoms with Crippen LogP contribution in [0.3, 0.4) is 0 Å². The number of hydrogen-bond donors (Lipinski definition) is 2. The molecule has 100 valence electrons. The highest BCUT2D eigenvalue weighted by atomic mass is 32.1. The highest BCUT2D eigenvalue weighted by Gasteiger charge is 2.13. The van der Waals surface area contributed by atoms with Crippen molar-refractivity contribution in [1.29, 1.82) is 0 Å². The lowest BCUT2D eigenvalue weighted by molar-refractivity contribution is 0.262.